The molecule has 0 spiro atoms. The maximum absolute atomic E-state index is 9.21. The van der Waals surface area contributed by atoms with E-state index in [1.807, 2.05) is 0 Å². The molecule has 3 nitrogen and oxygen atoms in total. The molecule has 1 saturated heterocycles. The summed E-state index contributed by atoms with van der Waals surface area (Å²) in [7, 11) is 0. The van der Waals surface area contributed by atoms with E-state index in [9.17, 15) is 5.11 Å². The molecule has 1 unspecified atom stereocenters. The van der Waals surface area contributed by atoms with Crippen LogP contribution in [0.4, 0.5) is 5.69 Å². The lowest BCUT2D eigenvalue weighted by Gasteiger charge is -2.45. The molecule has 0 radical (unpaired) electrons. The monoisotopic (exact) mass is 311 g/mol. The van der Waals surface area contributed by atoms with Crippen LogP contribution in [0.1, 0.15) is 36.5 Å². The van der Waals surface area contributed by atoms with E-state index < -0.39 is 0 Å². The Morgan fingerprint density at radius 1 is 1.26 bits per heavy atom. The van der Waals surface area contributed by atoms with Crippen LogP contribution < -0.4 is 5.32 Å². The second-order valence-corrected chi connectivity index (χ2v) is 6.88. The molecule has 0 saturated carbocycles. The third-order valence-electron chi connectivity index (χ3n) is 5.45. The summed E-state index contributed by atoms with van der Waals surface area (Å²) in [5, 5.41) is 13.0. The van der Waals surface area contributed by atoms with Gasteiger partial charge in [-0.3, -0.25) is 0 Å². The zero-order chi connectivity index (χ0) is 15.6. The zero-order valence-corrected chi connectivity index (χ0v) is 13.4. The van der Waals surface area contributed by atoms with Gasteiger partial charge in [0.15, 0.2) is 0 Å². The number of allylic oxidation sites excluding steroid dienone is 3. The second kappa shape index (κ2) is 6.50. The first-order valence-electron chi connectivity index (χ1n) is 8.82. The van der Waals surface area contributed by atoms with Crippen LogP contribution in [-0.4, -0.2) is 24.4 Å². The lowest BCUT2D eigenvalue weighted by molar-refractivity contribution is -0.0418. The molecule has 4 atom stereocenters. The van der Waals surface area contributed by atoms with Crippen LogP contribution in [0.15, 0.2) is 42.5 Å². The van der Waals surface area contributed by atoms with Crippen molar-refractivity contribution in [3.63, 3.8) is 0 Å². The van der Waals surface area contributed by atoms with Crippen LogP contribution in [0.2, 0.25) is 0 Å². The van der Waals surface area contributed by atoms with Gasteiger partial charge in [-0.1, -0.05) is 36.4 Å². The summed E-state index contributed by atoms with van der Waals surface area (Å²) < 4.78 is 6.22. The van der Waals surface area contributed by atoms with Gasteiger partial charge in [0.1, 0.15) is 0 Å². The molecule has 122 valence electrons. The molecule has 4 rings (SSSR count). The highest BCUT2D eigenvalue weighted by molar-refractivity contribution is 5.57. The molecule has 0 aromatic heterocycles. The van der Waals surface area contributed by atoms with Gasteiger partial charge in [0.25, 0.3) is 0 Å². The summed E-state index contributed by atoms with van der Waals surface area (Å²) in [4.78, 5) is 0. The molecule has 2 aliphatic heterocycles. The van der Waals surface area contributed by atoms with E-state index in [0.29, 0.717) is 24.3 Å². The van der Waals surface area contributed by atoms with Gasteiger partial charge < -0.3 is 15.2 Å². The van der Waals surface area contributed by atoms with Crippen LogP contribution >= 0.6 is 0 Å². The zero-order valence-electron chi connectivity index (χ0n) is 13.4. The number of rotatable bonds is 3. The number of anilines is 1. The van der Waals surface area contributed by atoms with E-state index in [4.69, 9.17) is 4.74 Å². The van der Waals surface area contributed by atoms with E-state index in [2.05, 4.69) is 47.8 Å². The van der Waals surface area contributed by atoms with Gasteiger partial charge in [0.2, 0.25) is 0 Å². The predicted octanol–water partition coefficient (Wildman–Crippen LogP) is 3.62. The third kappa shape index (κ3) is 2.84. The minimum atomic E-state index is 0.197. The van der Waals surface area contributed by atoms with Crippen molar-refractivity contribution < 1.29 is 9.84 Å². The van der Waals surface area contributed by atoms with Gasteiger partial charge >= 0.3 is 0 Å². The van der Waals surface area contributed by atoms with Crippen molar-refractivity contribution in [1.82, 2.24) is 0 Å². The first-order chi connectivity index (χ1) is 11.4. The van der Waals surface area contributed by atoms with Crippen molar-refractivity contribution in [1.29, 1.82) is 0 Å². The third-order valence-corrected chi connectivity index (χ3v) is 5.45. The number of hydrogen-bond donors (Lipinski definition) is 2. The van der Waals surface area contributed by atoms with Gasteiger partial charge in [-0.2, -0.15) is 0 Å². The summed E-state index contributed by atoms with van der Waals surface area (Å²) in [5.41, 5.74) is 3.69. The topological polar surface area (TPSA) is 41.5 Å². The molecule has 23 heavy (non-hydrogen) atoms. The van der Waals surface area contributed by atoms with Crippen molar-refractivity contribution in [2.24, 2.45) is 11.8 Å². The number of benzene rings is 1. The average molecular weight is 311 g/mol. The van der Waals surface area contributed by atoms with Crippen LogP contribution in [0.5, 0.6) is 0 Å². The summed E-state index contributed by atoms with van der Waals surface area (Å²) in [6.07, 6.45) is 13.3. The fourth-order valence-electron chi connectivity index (χ4n) is 4.33. The van der Waals surface area contributed by atoms with Crippen LogP contribution in [0.25, 0.3) is 0 Å². The van der Waals surface area contributed by atoms with Gasteiger partial charge in [-0.15, -0.1) is 0 Å². The Balaban J connectivity index is 1.68. The number of fused-ring (bicyclic) bond motifs is 3. The first-order valence-corrected chi connectivity index (χ1v) is 8.82. The Hall–Kier alpha value is -1.58. The Labute approximate surface area is 138 Å². The van der Waals surface area contributed by atoms with Crippen molar-refractivity contribution in [3.8, 4) is 0 Å². The second-order valence-electron chi connectivity index (χ2n) is 6.88. The van der Waals surface area contributed by atoms with Crippen LogP contribution in [-0.2, 0) is 11.2 Å². The number of aliphatic hydroxyl groups excluding tert-OH is 1. The minimum absolute atomic E-state index is 0.197. The summed E-state index contributed by atoms with van der Waals surface area (Å²) in [5.74, 6) is 1.07. The summed E-state index contributed by atoms with van der Waals surface area (Å²) in [6, 6.07) is 6.97. The molecule has 0 bridgehead atoms. The summed E-state index contributed by atoms with van der Waals surface area (Å²) in [6.45, 7) is 1.06. The normalized spacial score (nSPS) is 32.0. The molecule has 2 N–H and O–H groups in total. The number of hydrogen-bond acceptors (Lipinski definition) is 3. The SMILES string of the molecule is OCCc1ccc2c(c1)[C@H]1OCCC[C@H]1[C@H](C1C=CC=CC1)N2. The molecule has 0 amide bonds. The standard InChI is InChI=1S/C20H25NO2/c22-11-10-14-8-9-18-17(13-14)20-16(7-4-12-23-20)19(21-18)15-5-2-1-3-6-15/h1-3,5,8-9,13,15-16,19-22H,4,6-7,10-12H2/t15?,16-,19-,20-/m0/s1. The fourth-order valence-corrected chi connectivity index (χ4v) is 4.33. The highest BCUT2D eigenvalue weighted by Crippen LogP contribution is 2.46. The molecular weight excluding hydrogens is 286 g/mol. The van der Waals surface area contributed by atoms with Crippen molar-refractivity contribution in [2.45, 2.75) is 37.8 Å². The van der Waals surface area contributed by atoms with Crippen molar-refractivity contribution >= 4 is 5.69 Å². The smallest absolute Gasteiger partial charge is 0.0892 e. The van der Waals surface area contributed by atoms with Crippen LogP contribution in [0.3, 0.4) is 0 Å². The number of ether oxygens (including phenoxy) is 1. The lowest BCUT2D eigenvalue weighted by Crippen LogP contribution is -2.45. The molecule has 1 aliphatic carbocycles. The van der Waals surface area contributed by atoms with Crippen LogP contribution in [0, 0.1) is 11.8 Å². The maximum atomic E-state index is 9.21. The quantitative estimate of drug-likeness (QED) is 0.896. The Kier molecular flexibility index (Phi) is 4.23. The maximum Gasteiger partial charge on any atom is 0.0892 e. The number of nitrogens with one attached hydrogen (secondary N) is 1. The van der Waals surface area contributed by atoms with Gasteiger partial charge in [-0.05, 0) is 37.3 Å². The lowest BCUT2D eigenvalue weighted by atomic mass is 9.73. The average Bonchev–Trinajstić information content (AvgIpc) is 2.62. The highest BCUT2D eigenvalue weighted by atomic mass is 16.5. The van der Waals surface area contributed by atoms with Gasteiger partial charge in [0, 0.05) is 42.3 Å². The first kappa shape index (κ1) is 15.0. The Bertz CT molecular complexity index is 622. The number of aliphatic hydroxyl groups is 1. The largest absolute Gasteiger partial charge is 0.396 e. The van der Waals surface area contributed by atoms with E-state index in [1.54, 1.807) is 0 Å². The van der Waals surface area contributed by atoms with E-state index in [0.717, 1.165) is 19.4 Å². The molecule has 3 aliphatic rings. The predicted molar refractivity (Wildman–Crippen MR) is 92.4 cm³/mol. The fraction of sp³-hybridized carbons (Fsp3) is 0.500. The Morgan fingerprint density at radius 2 is 2.22 bits per heavy atom. The van der Waals surface area contributed by atoms with E-state index in [-0.39, 0.29) is 12.7 Å². The molecule has 1 fully saturated rings. The molecular formula is C20H25NO2. The van der Waals surface area contributed by atoms with E-state index in [1.165, 1.54) is 23.2 Å². The molecule has 1 aromatic carbocycles. The van der Waals surface area contributed by atoms with Gasteiger partial charge in [0.05, 0.1) is 6.10 Å². The summed E-state index contributed by atoms with van der Waals surface area (Å²) >= 11 is 0. The highest BCUT2D eigenvalue weighted by Gasteiger charge is 2.41. The molecule has 3 heteroatoms. The Morgan fingerprint density at radius 3 is 3.04 bits per heavy atom. The molecule has 2 heterocycles. The van der Waals surface area contributed by atoms with Gasteiger partial charge in [-0.25, -0.2) is 0 Å². The molecule has 1 aromatic rings. The van der Waals surface area contributed by atoms with Crippen molar-refractivity contribution in [3.05, 3.63) is 53.6 Å². The van der Waals surface area contributed by atoms with E-state index >= 15 is 0 Å². The van der Waals surface area contributed by atoms with Crippen molar-refractivity contribution in [2.75, 3.05) is 18.5 Å². The minimum Gasteiger partial charge on any atom is -0.396 e.